The molecule has 2 nitrogen and oxygen atoms in total. The van der Waals surface area contributed by atoms with Gasteiger partial charge in [-0.3, -0.25) is 0 Å². The van der Waals surface area contributed by atoms with Crippen molar-refractivity contribution in [1.29, 1.82) is 0 Å². The molecule has 1 aromatic rings. The van der Waals surface area contributed by atoms with E-state index in [0.717, 1.165) is 12.1 Å². The van der Waals surface area contributed by atoms with Gasteiger partial charge in [-0.2, -0.15) is 0 Å². The fourth-order valence-electron chi connectivity index (χ4n) is 2.21. The quantitative estimate of drug-likeness (QED) is 0.768. The Morgan fingerprint density at radius 1 is 1.44 bits per heavy atom. The lowest BCUT2D eigenvalue weighted by Gasteiger charge is -2.37. The van der Waals surface area contributed by atoms with Crippen molar-refractivity contribution in [1.82, 2.24) is 0 Å². The molecule has 0 amide bonds. The Balaban J connectivity index is 2.37. The Morgan fingerprint density at radius 3 is 2.83 bits per heavy atom. The Labute approximate surface area is 105 Å². The first-order valence-corrected chi connectivity index (χ1v) is 5.88. The average Bonchev–Trinajstić information content (AvgIpc) is 2.40. The van der Waals surface area contributed by atoms with E-state index >= 15 is 0 Å². The van der Waals surface area contributed by atoms with Crippen molar-refractivity contribution in [2.75, 3.05) is 19.8 Å². The van der Waals surface area contributed by atoms with Crippen LogP contribution in [0.4, 0.5) is 8.78 Å². The van der Waals surface area contributed by atoms with Crippen LogP contribution in [0.15, 0.2) is 24.8 Å². The van der Waals surface area contributed by atoms with E-state index in [0.29, 0.717) is 32.7 Å². The van der Waals surface area contributed by atoms with Gasteiger partial charge in [0.2, 0.25) is 0 Å². The average molecular weight is 253 g/mol. The van der Waals surface area contributed by atoms with Crippen LogP contribution in [0.5, 0.6) is 0 Å². The van der Waals surface area contributed by atoms with Crippen molar-refractivity contribution in [2.24, 2.45) is 0 Å². The Kier molecular flexibility index (Phi) is 4.09. The van der Waals surface area contributed by atoms with Gasteiger partial charge in [0.25, 0.3) is 0 Å². The van der Waals surface area contributed by atoms with Crippen LogP contribution >= 0.6 is 0 Å². The summed E-state index contributed by atoms with van der Waals surface area (Å²) in [7, 11) is 0. The first-order valence-electron chi connectivity index (χ1n) is 5.88. The van der Waals surface area contributed by atoms with E-state index in [-0.39, 0.29) is 5.56 Å². The third kappa shape index (κ3) is 2.60. The molecule has 97 valence electrons. The molecule has 0 aliphatic carbocycles. The maximum absolute atomic E-state index is 13.9. The highest BCUT2D eigenvalue weighted by molar-refractivity contribution is 5.25. The maximum atomic E-state index is 13.9. The van der Waals surface area contributed by atoms with Gasteiger partial charge >= 0.3 is 0 Å². The first-order chi connectivity index (χ1) is 8.68. The molecule has 18 heavy (non-hydrogen) atoms. The van der Waals surface area contributed by atoms with Gasteiger partial charge in [-0.1, -0.05) is 6.08 Å². The largest absolute Gasteiger partial charge is 0.381 e. The van der Waals surface area contributed by atoms with Crippen LogP contribution in [0.1, 0.15) is 18.4 Å². The van der Waals surface area contributed by atoms with Crippen molar-refractivity contribution in [3.05, 3.63) is 48.1 Å². The van der Waals surface area contributed by atoms with Crippen molar-refractivity contribution in [2.45, 2.75) is 18.4 Å². The molecule has 0 aromatic heterocycles. The summed E-state index contributed by atoms with van der Waals surface area (Å²) in [6, 6.07) is 4.37. The molecule has 2 rings (SSSR count). The van der Waals surface area contributed by atoms with E-state index in [4.69, 9.17) is 9.47 Å². The Hall–Kier alpha value is -1.26. The molecule has 1 fully saturated rings. The first kappa shape index (κ1) is 13.2. The van der Waals surface area contributed by atoms with E-state index in [9.17, 15) is 8.78 Å². The summed E-state index contributed by atoms with van der Waals surface area (Å²) in [5.41, 5.74) is -0.587. The number of ether oxygens (including phenoxy) is 2. The topological polar surface area (TPSA) is 18.5 Å². The van der Waals surface area contributed by atoms with E-state index < -0.39 is 17.2 Å². The van der Waals surface area contributed by atoms with Crippen molar-refractivity contribution in [3.63, 3.8) is 0 Å². The van der Waals surface area contributed by atoms with Crippen LogP contribution in [0.2, 0.25) is 0 Å². The van der Waals surface area contributed by atoms with Gasteiger partial charge in [0.15, 0.2) is 0 Å². The predicted molar refractivity (Wildman–Crippen MR) is 63.1 cm³/mol. The highest BCUT2D eigenvalue weighted by atomic mass is 19.1. The molecule has 0 unspecified atom stereocenters. The van der Waals surface area contributed by atoms with Gasteiger partial charge in [0.1, 0.15) is 17.2 Å². The highest BCUT2D eigenvalue weighted by Crippen LogP contribution is 2.37. The number of hydrogen-bond acceptors (Lipinski definition) is 2. The fourth-order valence-corrected chi connectivity index (χ4v) is 2.21. The molecule has 1 aliphatic rings. The van der Waals surface area contributed by atoms with E-state index in [1.807, 2.05) is 0 Å². The molecule has 4 heteroatoms. The standard InChI is InChI=1S/C14H15F2O2/c1-2-7-18-14(5-8-17-9-6-14)12-10-11(15)3-4-13(12)16/h2,4,10H,1,5-9H2. The molecule has 0 N–H and O–H groups in total. The molecule has 1 saturated heterocycles. The Morgan fingerprint density at radius 2 is 2.17 bits per heavy atom. The molecule has 1 radical (unpaired) electrons. The van der Waals surface area contributed by atoms with Crippen LogP contribution < -0.4 is 0 Å². The molecule has 1 aliphatic heterocycles. The lowest BCUT2D eigenvalue weighted by molar-refractivity contribution is -0.109. The summed E-state index contributed by atoms with van der Waals surface area (Å²) in [6.07, 6.45) is 2.60. The molecule has 0 atom stereocenters. The summed E-state index contributed by atoms with van der Waals surface area (Å²) in [5, 5.41) is 0. The van der Waals surface area contributed by atoms with Crippen LogP contribution in [-0.2, 0) is 15.1 Å². The third-order valence-corrected chi connectivity index (χ3v) is 3.13. The van der Waals surface area contributed by atoms with Crippen molar-refractivity contribution in [3.8, 4) is 0 Å². The number of halogens is 2. The van der Waals surface area contributed by atoms with Gasteiger partial charge in [-0.05, 0) is 12.1 Å². The summed E-state index contributed by atoms with van der Waals surface area (Å²) in [6.45, 7) is 4.81. The third-order valence-electron chi connectivity index (χ3n) is 3.13. The zero-order chi connectivity index (χ0) is 13.0. The van der Waals surface area contributed by atoms with Gasteiger partial charge in [-0.25, -0.2) is 8.78 Å². The zero-order valence-corrected chi connectivity index (χ0v) is 10.0. The molecular weight excluding hydrogens is 238 g/mol. The van der Waals surface area contributed by atoms with Crippen LogP contribution in [0.3, 0.4) is 0 Å². The van der Waals surface area contributed by atoms with E-state index in [1.165, 1.54) is 0 Å². The van der Waals surface area contributed by atoms with Crippen LogP contribution in [0, 0.1) is 17.7 Å². The normalized spacial score (nSPS) is 18.6. The number of hydrogen-bond donors (Lipinski definition) is 0. The second-order valence-electron chi connectivity index (χ2n) is 4.25. The minimum Gasteiger partial charge on any atom is -0.381 e. The van der Waals surface area contributed by atoms with Crippen LogP contribution in [0.25, 0.3) is 0 Å². The molecular formula is C14H15F2O2. The SMILES string of the molecule is C=CCOC1(c2cc(F)[c]cc2F)CCOCC1. The lowest BCUT2D eigenvalue weighted by Crippen LogP contribution is -2.37. The summed E-state index contributed by atoms with van der Waals surface area (Å²) in [5.74, 6) is -1.08. The summed E-state index contributed by atoms with van der Waals surface area (Å²) in [4.78, 5) is 0. The smallest absolute Gasteiger partial charge is 0.131 e. The maximum Gasteiger partial charge on any atom is 0.131 e. The summed E-state index contributed by atoms with van der Waals surface area (Å²) < 4.78 is 38.1. The van der Waals surface area contributed by atoms with Gasteiger partial charge in [0, 0.05) is 37.7 Å². The monoisotopic (exact) mass is 253 g/mol. The molecule has 1 heterocycles. The Bertz CT molecular complexity index is 426. The minimum atomic E-state index is -0.827. The van der Waals surface area contributed by atoms with E-state index in [1.54, 1.807) is 6.08 Å². The van der Waals surface area contributed by atoms with Crippen LogP contribution in [-0.4, -0.2) is 19.8 Å². The van der Waals surface area contributed by atoms with Crippen molar-refractivity contribution < 1.29 is 18.3 Å². The summed E-state index contributed by atoms with van der Waals surface area (Å²) >= 11 is 0. The minimum absolute atomic E-state index is 0.240. The van der Waals surface area contributed by atoms with Gasteiger partial charge in [0.05, 0.1) is 6.61 Å². The molecule has 0 saturated carbocycles. The predicted octanol–water partition coefficient (Wildman–Crippen LogP) is 2.97. The fraction of sp³-hybridized carbons (Fsp3) is 0.429. The lowest BCUT2D eigenvalue weighted by atomic mass is 9.85. The molecule has 0 bridgehead atoms. The highest BCUT2D eigenvalue weighted by Gasteiger charge is 2.37. The zero-order valence-electron chi connectivity index (χ0n) is 10.0. The molecule has 1 aromatic carbocycles. The van der Waals surface area contributed by atoms with Gasteiger partial charge in [-0.15, -0.1) is 6.58 Å². The number of rotatable bonds is 4. The van der Waals surface area contributed by atoms with E-state index in [2.05, 4.69) is 12.6 Å². The second kappa shape index (κ2) is 5.59. The molecule has 0 spiro atoms. The van der Waals surface area contributed by atoms with Crippen molar-refractivity contribution >= 4 is 0 Å². The number of benzene rings is 1. The second-order valence-corrected chi connectivity index (χ2v) is 4.25. The van der Waals surface area contributed by atoms with Gasteiger partial charge < -0.3 is 9.47 Å².